The number of carbonyl (C=O) groups is 3. The van der Waals surface area contributed by atoms with Crippen molar-refractivity contribution in [2.75, 3.05) is 25.1 Å². The SMILES string of the molecule is CC(C(=O)N1CCOCCC1C(F)(F)F)c1ccc(NC(=O)C(NC(=O)c2ccnn2C(C)C)C(C2CCCCC2)C2CCCCC2)c(F)c1. The molecule has 2 aliphatic carbocycles. The number of alkyl halides is 3. The van der Waals surface area contributed by atoms with Crippen molar-refractivity contribution in [3.05, 3.63) is 47.5 Å². The molecule has 0 radical (unpaired) electrons. The highest BCUT2D eigenvalue weighted by Crippen LogP contribution is 2.42. The Morgan fingerprint density at radius 3 is 2.12 bits per heavy atom. The number of hydrogen-bond acceptors (Lipinski definition) is 5. The summed E-state index contributed by atoms with van der Waals surface area (Å²) in [6.07, 6.45) is 6.85. The van der Waals surface area contributed by atoms with Gasteiger partial charge in [0.25, 0.3) is 5.91 Å². The van der Waals surface area contributed by atoms with Crippen LogP contribution in [0.1, 0.15) is 119 Å². The second-order valence-electron chi connectivity index (χ2n) is 14.5. The summed E-state index contributed by atoms with van der Waals surface area (Å²) >= 11 is 0. The van der Waals surface area contributed by atoms with E-state index in [0.29, 0.717) is 5.69 Å². The topological polar surface area (TPSA) is 106 Å². The van der Waals surface area contributed by atoms with Gasteiger partial charge in [-0.2, -0.15) is 18.3 Å². The molecule has 3 amide bonds. The lowest BCUT2D eigenvalue weighted by Crippen LogP contribution is -2.53. The van der Waals surface area contributed by atoms with Gasteiger partial charge in [-0.15, -0.1) is 0 Å². The molecule has 1 aromatic carbocycles. The largest absolute Gasteiger partial charge is 0.408 e. The van der Waals surface area contributed by atoms with Gasteiger partial charge in [0.05, 0.1) is 18.2 Å². The molecule has 3 aliphatic rings. The average molecular weight is 706 g/mol. The second kappa shape index (κ2) is 16.7. The zero-order valence-electron chi connectivity index (χ0n) is 29.3. The molecule has 0 spiro atoms. The van der Waals surface area contributed by atoms with Crippen LogP contribution in [0, 0.1) is 23.6 Å². The molecule has 1 aromatic heterocycles. The summed E-state index contributed by atoms with van der Waals surface area (Å²) in [5.41, 5.74) is 0.389. The molecule has 1 saturated heterocycles. The number of nitrogens with one attached hydrogen (secondary N) is 2. The summed E-state index contributed by atoms with van der Waals surface area (Å²) in [6.45, 7) is 4.91. The Balaban J connectivity index is 1.40. The van der Waals surface area contributed by atoms with E-state index in [0.717, 1.165) is 75.2 Å². The number of aromatic nitrogens is 2. The third-order valence-corrected chi connectivity index (χ3v) is 10.9. The average Bonchev–Trinajstić information content (AvgIpc) is 3.46. The smallest absolute Gasteiger partial charge is 0.380 e. The third-order valence-electron chi connectivity index (χ3n) is 10.9. The van der Waals surface area contributed by atoms with E-state index in [4.69, 9.17) is 4.74 Å². The lowest BCUT2D eigenvalue weighted by atomic mass is 9.66. The van der Waals surface area contributed by atoms with Crippen molar-refractivity contribution in [1.29, 1.82) is 0 Å². The molecule has 5 rings (SSSR count). The highest BCUT2D eigenvalue weighted by molar-refractivity contribution is 6.01. The molecule has 3 atom stereocenters. The van der Waals surface area contributed by atoms with Gasteiger partial charge in [-0.3, -0.25) is 19.1 Å². The monoisotopic (exact) mass is 705 g/mol. The van der Waals surface area contributed by atoms with Gasteiger partial charge in [0, 0.05) is 25.4 Å². The van der Waals surface area contributed by atoms with E-state index in [2.05, 4.69) is 15.7 Å². The van der Waals surface area contributed by atoms with E-state index in [-0.39, 0.29) is 61.2 Å². The van der Waals surface area contributed by atoms with Crippen LogP contribution >= 0.6 is 0 Å². The van der Waals surface area contributed by atoms with E-state index < -0.39 is 47.7 Å². The molecule has 50 heavy (non-hydrogen) atoms. The van der Waals surface area contributed by atoms with Crippen LogP contribution in [0.2, 0.25) is 0 Å². The summed E-state index contributed by atoms with van der Waals surface area (Å²) in [4.78, 5) is 42.3. The standard InChI is InChI=1S/C37H51F4N5O4/c1-23(2)46-30(16-18-42-46)34(47)44-33(32(25-10-6-4-7-11-25)26-12-8-5-9-13-26)35(48)43-29-15-14-27(22-28(29)38)24(3)36(49)45-19-21-50-20-17-31(45)37(39,40)41/h14-16,18,22-26,31-33H,4-13,17,19-21H2,1-3H3,(H,43,48)(H,44,47). The van der Waals surface area contributed by atoms with Crippen molar-refractivity contribution in [3.63, 3.8) is 0 Å². The molecule has 9 nitrogen and oxygen atoms in total. The van der Waals surface area contributed by atoms with Crippen LogP contribution < -0.4 is 10.6 Å². The van der Waals surface area contributed by atoms with Gasteiger partial charge < -0.3 is 20.3 Å². The fraction of sp³-hybridized carbons (Fsp3) is 0.676. The van der Waals surface area contributed by atoms with Gasteiger partial charge in [-0.05, 0) is 68.7 Å². The normalized spacial score (nSPS) is 21.1. The van der Waals surface area contributed by atoms with Crippen LogP contribution in [0.3, 0.4) is 0 Å². The minimum Gasteiger partial charge on any atom is -0.380 e. The van der Waals surface area contributed by atoms with E-state index in [1.54, 1.807) is 16.9 Å². The summed E-state index contributed by atoms with van der Waals surface area (Å²) in [5.74, 6) is -3.32. The van der Waals surface area contributed by atoms with Gasteiger partial charge in [0.15, 0.2) is 0 Å². The highest BCUT2D eigenvalue weighted by Gasteiger charge is 2.47. The molecular formula is C37H51F4N5O4. The van der Waals surface area contributed by atoms with Gasteiger partial charge in [-0.25, -0.2) is 4.39 Å². The van der Waals surface area contributed by atoms with Crippen molar-refractivity contribution in [1.82, 2.24) is 20.0 Å². The zero-order chi connectivity index (χ0) is 36.0. The molecule has 13 heteroatoms. The van der Waals surface area contributed by atoms with Gasteiger partial charge >= 0.3 is 6.18 Å². The minimum absolute atomic E-state index is 0.0232. The number of hydrogen-bond donors (Lipinski definition) is 2. The maximum Gasteiger partial charge on any atom is 0.408 e. The van der Waals surface area contributed by atoms with Crippen LogP contribution in [-0.2, 0) is 14.3 Å². The molecule has 2 heterocycles. The van der Waals surface area contributed by atoms with Crippen molar-refractivity contribution < 1.29 is 36.7 Å². The number of rotatable bonds is 10. The number of carbonyl (C=O) groups excluding carboxylic acids is 3. The molecule has 2 saturated carbocycles. The molecule has 3 unspecified atom stereocenters. The van der Waals surface area contributed by atoms with Crippen LogP contribution in [0.4, 0.5) is 23.2 Å². The van der Waals surface area contributed by atoms with Crippen LogP contribution in [0.25, 0.3) is 0 Å². The van der Waals surface area contributed by atoms with Gasteiger partial charge in [-0.1, -0.05) is 70.3 Å². The van der Waals surface area contributed by atoms with Gasteiger partial charge in [0.2, 0.25) is 11.8 Å². The predicted octanol–water partition coefficient (Wildman–Crippen LogP) is 7.40. The summed E-state index contributed by atoms with van der Waals surface area (Å²) in [5, 5.41) is 10.1. The fourth-order valence-electron chi connectivity index (χ4n) is 8.30. The molecule has 0 bridgehead atoms. The maximum absolute atomic E-state index is 15.8. The van der Waals surface area contributed by atoms with E-state index in [9.17, 15) is 27.6 Å². The summed E-state index contributed by atoms with van der Waals surface area (Å²) in [6, 6.07) is 2.48. The molecule has 276 valence electrons. The fourth-order valence-corrected chi connectivity index (χ4v) is 8.30. The number of halogens is 4. The first kappa shape index (κ1) is 37.8. The van der Waals surface area contributed by atoms with Crippen molar-refractivity contribution in [2.24, 2.45) is 17.8 Å². The summed E-state index contributed by atoms with van der Waals surface area (Å²) < 4.78 is 64.1. The Bertz CT molecular complexity index is 1450. The first-order chi connectivity index (χ1) is 23.9. The minimum atomic E-state index is -4.63. The van der Waals surface area contributed by atoms with Crippen LogP contribution in [0.15, 0.2) is 30.5 Å². The van der Waals surface area contributed by atoms with Crippen molar-refractivity contribution in [3.8, 4) is 0 Å². The Morgan fingerprint density at radius 1 is 0.900 bits per heavy atom. The zero-order valence-corrected chi connectivity index (χ0v) is 29.3. The van der Waals surface area contributed by atoms with Crippen LogP contribution in [-0.4, -0.2) is 70.4 Å². The van der Waals surface area contributed by atoms with E-state index in [1.165, 1.54) is 19.1 Å². The van der Waals surface area contributed by atoms with Crippen LogP contribution in [0.5, 0.6) is 0 Å². The molecule has 2 aromatic rings. The Hall–Kier alpha value is -3.48. The Kier molecular flexibility index (Phi) is 12.6. The lowest BCUT2D eigenvalue weighted by Gasteiger charge is -2.42. The van der Waals surface area contributed by atoms with Crippen molar-refractivity contribution >= 4 is 23.4 Å². The number of amides is 3. The maximum atomic E-state index is 15.8. The first-order valence-corrected chi connectivity index (χ1v) is 18.3. The molecule has 3 fully saturated rings. The highest BCUT2D eigenvalue weighted by atomic mass is 19.4. The molecule has 2 N–H and O–H groups in total. The Labute approximate surface area is 291 Å². The molecular weight excluding hydrogens is 654 g/mol. The second-order valence-corrected chi connectivity index (χ2v) is 14.5. The van der Waals surface area contributed by atoms with Gasteiger partial charge in [0.1, 0.15) is 23.6 Å². The quantitative estimate of drug-likeness (QED) is 0.251. The third kappa shape index (κ3) is 8.87. The molecule has 1 aliphatic heterocycles. The number of nitrogens with zero attached hydrogens (tertiary/aromatic N) is 3. The summed E-state index contributed by atoms with van der Waals surface area (Å²) in [7, 11) is 0. The number of anilines is 1. The predicted molar refractivity (Wildman–Crippen MR) is 181 cm³/mol. The van der Waals surface area contributed by atoms with E-state index in [1.807, 2.05) is 13.8 Å². The lowest BCUT2D eigenvalue weighted by molar-refractivity contribution is -0.189. The number of benzene rings is 1. The van der Waals surface area contributed by atoms with Crippen molar-refractivity contribution in [2.45, 2.75) is 122 Å². The first-order valence-electron chi connectivity index (χ1n) is 18.3. The number of ether oxygens (including phenoxy) is 1. The van der Waals surface area contributed by atoms with E-state index >= 15 is 4.39 Å². The Morgan fingerprint density at radius 2 is 1.54 bits per heavy atom.